The molecule has 0 unspecified atom stereocenters. The van der Waals surface area contributed by atoms with Gasteiger partial charge in [0.25, 0.3) is 0 Å². The molecule has 1 saturated heterocycles. The minimum Gasteiger partial charge on any atom is -0.352 e. The average Bonchev–Trinajstić information content (AvgIpc) is 2.68. The third-order valence-electron chi connectivity index (χ3n) is 7.40. The summed E-state index contributed by atoms with van der Waals surface area (Å²) in [6.07, 6.45) is 7.83. The summed E-state index contributed by atoms with van der Waals surface area (Å²) in [6.45, 7) is 3.44. The largest absolute Gasteiger partial charge is 0.389 e. The molecule has 2 nitrogen and oxygen atoms in total. The van der Waals surface area contributed by atoms with Gasteiger partial charge in [-0.25, -0.2) is 0 Å². The van der Waals surface area contributed by atoms with Crippen LogP contribution < -0.4 is 0 Å². The van der Waals surface area contributed by atoms with E-state index in [0.29, 0.717) is 25.6 Å². The summed E-state index contributed by atoms with van der Waals surface area (Å²) >= 11 is 0. The smallest absolute Gasteiger partial charge is 0.352 e. The molecule has 0 spiro atoms. The zero-order valence-corrected chi connectivity index (χ0v) is 16.8. The van der Waals surface area contributed by atoms with E-state index in [1.165, 1.54) is 57.8 Å². The Hall–Kier alpha value is -0.290. The van der Waals surface area contributed by atoms with Crippen molar-refractivity contribution in [1.82, 2.24) is 0 Å². The van der Waals surface area contributed by atoms with E-state index in [-0.39, 0.29) is 18.6 Å². The molecule has 0 aromatic rings. The molecule has 5 heteroatoms. The Labute approximate surface area is 162 Å². The van der Waals surface area contributed by atoms with Gasteiger partial charge >= 0.3 is 6.18 Å². The van der Waals surface area contributed by atoms with E-state index in [1.807, 2.05) is 0 Å². The van der Waals surface area contributed by atoms with Gasteiger partial charge in [0.1, 0.15) is 0 Å². The van der Waals surface area contributed by atoms with Gasteiger partial charge in [0.2, 0.25) is 0 Å². The summed E-state index contributed by atoms with van der Waals surface area (Å²) in [6, 6.07) is 0. The maximum atomic E-state index is 12.3. The molecule has 0 radical (unpaired) electrons. The summed E-state index contributed by atoms with van der Waals surface area (Å²) in [5, 5.41) is 0. The first-order valence-corrected chi connectivity index (χ1v) is 11.2. The fourth-order valence-corrected chi connectivity index (χ4v) is 5.54. The highest BCUT2D eigenvalue weighted by Gasteiger charge is 2.36. The van der Waals surface area contributed by atoms with Crippen LogP contribution in [0.25, 0.3) is 0 Å². The Morgan fingerprint density at radius 2 is 1.26 bits per heavy atom. The predicted octanol–water partition coefficient (Wildman–Crippen LogP) is 6.73. The topological polar surface area (TPSA) is 18.5 Å². The molecule has 2 aliphatic carbocycles. The first-order valence-electron chi connectivity index (χ1n) is 11.2. The maximum Gasteiger partial charge on any atom is 0.389 e. The molecule has 0 N–H and O–H groups in total. The number of ether oxygens (including phenoxy) is 2. The van der Waals surface area contributed by atoms with Crippen LogP contribution in [0, 0.1) is 29.6 Å². The highest BCUT2D eigenvalue weighted by Crippen LogP contribution is 2.43. The first kappa shape index (κ1) is 21.4. The fraction of sp³-hybridized carbons (Fsp3) is 1.00. The van der Waals surface area contributed by atoms with Gasteiger partial charge in [-0.3, -0.25) is 0 Å². The second-order valence-corrected chi connectivity index (χ2v) is 9.27. The third-order valence-corrected chi connectivity index (χ3v) is 7.40. The summed E-state index contributed by atoms with van der Waals surface area (Å²) in [5.41, 5.74) is 0. The van der Waals surface area contributed by atoms with Crippen molar-refractivity contribution < 1.29 is 22.6 Å². The van der Waals surface area contributed by atoms with E-state index < -0.39 is 12.6 Å². The second kappa shape index (κ2) is 9.96. The zero-order chi connectivity index (χ0) is 19.3. The van der Waals surface area contributed by atoms with Crippen molar-refractivity contribution >= 4 is 0 Å². The van der Waals surface area contributed by atoms with Gasteiger partial charge < -0.3 is 9.47 Å². The van der Waals surface area contributed by atoms with Crippen LogP contribution in [0.15, 0.2) is 0 Å². The second-order valence-electron chi connectivity index (χ2n) is 9.27. The van der Waals surface area contributed by atoms with Gasteiger partial charge in [0, 0.05) is 18.3 Å². The van der Waals surface area contributed by atoms with Crippen LogP contribution >= 0.6 is 0 Å². The first-order chi connectivity index (χ1) is 12.9. The van der Waals surface area contributed by atoms with Crippen molar-refractivity contribution in [2.75, 3.05) is 13.2 Å². The average molecular weight is 391 g/mol. The molecule has 0 aromatic carbocycles. The van der Waals surface area contributed by atoms with Gasteiger partial charge in [-0.15, -0.1) is 0 Å². The molecule has 0 atom stereocenters. The van der Waals surface area contributed by atoms with E-state index in [1.54, 1.807) is 0 Å². The van der Waals surface area contributed by atoms with Crippen molar-refractivity contribution in [3.63, 3.8) is 0 Å². The van der Waals surface area contributed by atoms with Crippen LogP contribution in [0.2, 0.25) is 0 Å². The molecule has 3 aliphatic rings. The van der Waals surface area contributed by atoms with Gasteiger partial charge in [-0.2, -0.15) is 13.2 Å². The molecular weight excluding hydrogens is 353 g/mol. The Morgan fingerprint density at radius 1 is 0.741 bits per heavy atom. The van der Waals surface area contributed by atoms with Gasteiger partial charge in [0.15, 0.2) is 6.29 Å². The highest BCUT2D eigenvalue weighted by atomic mass is 19.4. The molecule has 0 bridgehead atoms. The van der Waals surface area contributed by atoms with Crippen LogP contribution in [-0.4, -0.2) is 25.7 Å². The van der Waals surface area contributed by atoms with Crippen LogP contribution in [-0.2, 0) is 9.47 Å². The molecule has 1 heterocycles. The number of hydrogen-bond donors (Lipinski definition) is 0. The Balaban J connectivity index is 1.31. The van der Waals surface area contributed by atoms with E-state index in [0.717, 1.165) is 17.8 Å². The SMILES string of the molecule is CC[C@H]1CC[C@H]([C@H]2CC[C@H]([C@H]3OC[C@H](CCCC(F)(F)F)CO3)CC2)CC1. The Bertz CT molecular complexity index is 416. The van der Waals surface area contributed by atoms with Crippen LogP contribution in [0.5, 0.6) is 0 Å². The third kappa shape index (κ3) is 6.62. The molecule has 3 rings (SSSR count). The molecule has 0 amide bonds. The molecule has 2 saturated carbocycles. The summed E-state index contributed by atoms with van der Waals surface area (Å²) < 4.78 is 48.6. The van der Waals surface area contributed by atoms with Crippen LogP contribution in [0.1, 0.15) is 84.0 Å². The van der Waals surface area contributed by atoms with E-state index in [9.17, 15) is 13.2 Å². The van der Waals surface area contributed by atoms with E-state index >= 15 is 0 Å². The number of hydrogen-bond acceptors (Lipinski definition) is 2. The zero-order valence-electron chi connectivity index (χ0n) is 16.8. The van der Waals surface area contributed by atoms with E-state index in [2.05, 4.69) is 6.92 Å². The van der Waals surface area contributed by atoms with Gasteiger partial charge in [0.05, 0.1) is 13.2 Å². The molecule has 27 heavy (non-hydrogen) atoms. The monoisotopic (exact) mass is 390 g/mol. The van der Waals surface area contributed by atoms with Crippen LogP contribution in [0.4, 0.5) is 13.2 Å². The Morgan fingerprint density at radius 3 is 1.78 bits per heavy atom. The molecular formula is C22H37F3O2. The number of alkyl halides is 3. The number of halogens is 3. The van der Waals surface area contributed by atoms with Gasteiger partial charge in [-0.05, 0) is 69.1 Å². The lowest BCUT2D eigenvalue weighted by molar-refractivity contribution is -0.231. The molecule has 1 aliphatic heterocycles. The van der Waals surface area contributed by atoms with Crippen molar-refractivity contribution in [2.45, 2.75) is 96.4 Å². The lowest BCUT2D eigenvalue weighted by Gasteiger charge is -2.41. The molecule has 0 aromatic heterocycles. The summed E-state index contributed by atoms with van der Waals surface area (Å²) in [5.74, 6) is 3.38. The Kier molecular flexibility index (Phi) is 7.90. The van der Waals surface area contributed by atoms with Crippen molar-refractivity contribution in [3.8, 4) is 0 Å². The highest BCUT2D eigenvalue weighted by molar-refractivity contribution is 4.83. The van der Waals surface area contributed by atoms with E-state index in [4.69, 9.17) is 9.47 Å². The number of rotatable bonds is 6. The fourth-order valence-electron chi connectivity index (χ4n) is 5.54. The summed E-state index contributed by atoms with van der Waals surface area (Å²) in [7, 11) is 0. The van der Waals surface area contributed by atoms with Crippen molar-refractivity contribution in [3.05, 3.63) is 0 Å². The van der Waals surface area contributed by atoms with Crippen LogP contribution in [0.3, 0.4) is 0 Å². The maximum absolute atomic E-state index is 12.3. The quantitative estimate of drug-likeness (QED) is 0.500. The standard InChI is InChI=1S/C22H37F3O2/c1-2-16-5-7-18(8-6-16)19-9-11-20(12-10-19)21-26-14-17(15-27-21)4-3-13-22(23,24)25/h16-21H,2-15H2,1H3/t16-,17-,18-,19-,20-,21-. The lowest BCUT2D eigenvalue weighted by Crippen LogP contribution is -2.39. The minimum atomic E-state index is -4.05. The normalized spacial score (nSPS) is 38.7. The van der Waals surface area contributed by atoms with Gasteiger partial charge in [-0.1, -0.05) is 26.2 Å². The summed E-state index contributed by atoms with van der Waals surface area (Å²) in [4.78, 5) is 0. The predicted molar refractivity (Wildman–Crippen MR) is 100 cm³/mol. The lowest BCUT2D eigenvalue weighted by atomic mass is 9.69. The molecule has 3 fully saturated rings. The van der Waals surface area contributed by atoms with Crippen molar-refractivity contribution in [1.29, 1.82) is 0 Å². The molecule has 158 valence electrons. The minimum absolute atomic E-state index is 0.119. The van der Waals surface area contributed by atoms with Crippen molar-refractivity contribution in [2.24, 2.45) is 29.6 Å².